The van der Waals surface area contributed by atoms with E-state index in [9.17, 15) is 73.2 Å². The van der Waals surface area contributed by atoms with Crippen LogP contribution < -0.4 is 48.7 Å². The van der Waals surface area contributed by atoms with Crippen LogP contribution in [0.5, 0.6) is 5.75 Å². The lowest BCUT2D eigenvalue weighted by atomic mass is 9.85. The Balaban J connectivity index is 1.30. The molecule has 0 aliphatic carbocycles. The summed E-state index contributed by atoms with van der Waals surface area (Å²) < 4.78 is 43.2. The number of carbonyl (C=O) groups excluding carboxylic acids is 10. The number of benzene rings is 1. The maximum atomic E-state index is 15.2. The molecule has 1 saturated heterocycles. The average Bonchev–Trinajstić information content (AvgIpc) is 1.63. The molecule has 542 valence electrons. The molecule has 97 heavy (non-hydrogen) atoms. The molecule has 35 heteroatoms. The summed E-state index contributed by atoms with van der Waals surface area (Å²) in [6.07, 6.45) is -4.14. The number of amides is 8. The Hall–Kier alpha value is -7.35. The summed E-state index contributed by atoms with van der Waals surface area (Å²) >= 11 is 1.35. The van der Waals surface area contributed by atoms with E-state index in [1.54, 1.807) is 13.8 Å². The van der Waals surface area contributed by atoms with Crippen molar-refractivity contribution in [1.29, 1.82) is 0 Å². The van der Waals surface area contributed by atoms with Gasteiger partial charge in [-0.25, -0.2) is 0 Å². The molecule has 17 N–H and O–H groups in total. The number of rotatable bonds is 33. The second-order valence-corrected chi connectivity index (χ2v) is 26.6. The number of aliphatic hydroxyl groups is 3. The Kier molecular flexibility index (Phi) is 34.1. The molecule has 0 saturated carbocycles. The maximum absolute atomic E-state index is 15.2. The molecule has 3 aliphatic heterocycles. The fraction of sp³-hybridized carbons (Fsp3) is 0.661. The summed E-state index contributed by atoms with van der Waals surface area (Å²) in [5, 5.41) is 70.5. The van der Waals surface area contributed by atoms with Gasteiger partial charge in [-0.3, -0.25) is 56.9 Å². The quantitative estimate of drug-likeness (QED) is 0.0305. The van der Waals surface area contributed by atoms with E-state index in [0.717, 1.165) is 4.90 Å². The number of hydrogen-bond acceptors (Lipinski definition) is 24. The molecule has 33 nitrogen and oxygen atoms in total. The summed E-state index contributed by atoms with van der Waals surface area (Å²) in [4.78, 5) is 154. The van der Waals surface area contributed by atoms with Gasteiger partial charge in [-0.2, -0.15) is 11.8 Å². The number of H-pyrrole nitrogens is 1. The van der Waals surface area contributed by atoms with Crippen molar-refractivity contribution >= 4 is 98.3 Å². The minimum Gasteiger partial charge on any atom is -0.508 e. The Labute approximate surface area is 567 Å². The number of ether oxygens (including phenoxy) is 5. The Bertz CT molecular complexity index is 3100. The number of nitrogens with two attached hydrogens (primary N) is 2. The first-order chi connectivity index (χ1) is 46.2. The number of carboxylic acids is 1. The number of carbonyl (C=O) groups is 11. The second-order valence-electron chi connectivity index (χ2n) is 24.0. The largest absolute Gasteiger partial charge is 0.508 e. The van der Waals surface area contributed by atoms with E-state index in [-0.39, 0.29) is 72.4 Å². The van der Waals surface area contributed by atoms with Crippen LogP contribution in [0.2, 0.25) is 0 Å². The van der Waals surface area contributed by atoms with Gasteiger partial charge in [0.05, 0.1) is 145 Å². The van der Waals surface area contributed by atoms with Crippen molar-refractivity contribution in [1.82, 2.24) is 47.1 Å². The summed E-state index contributed by atoms with van der Waals surface area (Å²) in [5.41, 5.74) is 12.4. The number of nitrogens with zero attached hydrogens (tertiary/aromatic N) is 1. The number of nitrogens with one attached hydrogen (secondary N) is 8. The fourth-order valence-corrected chi connectivity index (χ4v) is 13.1. The number of aliphatic hydroxyl groups excluding tert-OH is 3. The number of thioether (sulfide) groups is 1. The van der Waals surface area contributed by atoms with Crippen LogP contribution in [0, 0.1) is 29.6 Å². The van der Waals surface area contributed by atoms with Crippen LogP contribution in [0.4, 0.5) is 0 Å². The summed E-state index contributed by atoms with van der Waals surface area (Å²) in [5.74, 6) is -15.5. The van der Waals surface area contributed by atoms with Crippen molar-refractivity contribution in [2.45, 2.75) is 120 Å². The van der Waals surface area contributed by atoms with Gasteiger partial charge in [0, 0.05) is 90.9 Å². The highest BCUT2D eigenvalue weighted by molar-refractivity contribution is 7.98. The molecule has 0 spiro atoms. The Morgan fingerprint density at radius 3 is 2.09 bits per heavy atom. The van der Waals surface area contributed by atoms with Crippen molar-refractivity contribution in [2.75, 3.05) is 117 Å². The van der Waals surface area contributed by atoms with Gasteiger partial charge in [-0.05, 0) is 30.0 Å². The molecule has 1 aromatic carbocycles. The maximum Gasteiger partial charge on any atom is 0.306 e. The monoisotopic (exact) mass is 1410 g/mol. The van der Waals surface area contributed by atoms with Crippen LogP contribution in [0.15, 0.2) is 29.1 Å². The highest BCUT2D eigenvalue weighted by Crippen LogP contribution is 2.37. The number of aromatic nitrogens is 1. The molecular weight excluding hydrogens is 1310 g/mol. The number of carboxylic acid groups (broad SMARTS) is 1. The van der Waals surface area contributed by atoms with Crippen LogP contribution in [-0.2, 0) is 99.4 Å². The van der Waals surface area contributed by atoms with Gasteiger partial charge in [0.25, 0.3) is 0 Å². The number of aromatic amines is 1. The number of phenolic OH excluding ortho intramolecular Hbond substituents is 1. The number of phenols is 1. The molecule has 0 radical (unpaired) electrons. The molecule has 4 heterocycles. The molecule has 1 aromatic heterocycles. The van der Waals surface area contributed by atoms with E-state index >= 15 is 4.21 Å². The zero-order chi connectivity index (χ0) is 71.3. The SMILES string of the molecule is CC[C@H](C)[C@@H]1CC(=O)CNC(=O)[C@H]2CC(=O)[C@H]([C@@H](C)[C@@H](O)CO)NC(=O)[C@@H]3C[C@@H](O)CN3C(=O)[C@H](CC(N)=O)NC(=O)[C@@H](CS(=O)c3[nH]c4c(CSCCOCCOCCOCCOCCOCCN/C=C(\N)CNC(=O)CC(C)C(=O)O)c(O)ccc4c3C2)NC(=O)CNC1=O. The molecular formula is C62H95N11O22S2. The number of primary amides is 1. The van der Waals surface area contributed by atoms with Gasteiger partial charge in [-0.15, -0.1) is 0 Å². The van der Waals surface area contributed by atoms with E-state index < -0.39 is 206 Å². The molecule has 1 fully saturated rings. The third-order valence-corrected chi connectivity index (χ3v) is 19.0. The van der Waals surface area contributed by atoms with Gasteiger partial charge in [-0.1, -0.05) is 34.1 Å². The molecule has 12 atom stereocenters. The lowest BCUT2D eigenvalue weighted by Gasteiger charge is -2.32. The molecule has 8 amide bonds. The molecule has 2 bridgehead atoms. The number of fused-ring (bicyclic) bond motifs is 5. The third-order valence-electron chi connectivity index (χ3n) is 16.6. The first-order valence-corrected chi connectivity index (χ1v) is 34.6. The standard InChI is InChI=1S/C62H95N11O22S2/c1-5-34(2)42-23-39(75)28-67-56(83)37-21-43-41-6-7-48(77)44(32-96-19-18-95-17-16-94-15-14-93-13-12-92-11-10-91-9-8-65-26-38(63)27-66-52(81)20-35(3)62(88)89)55(41)72-60(43)97(90)33-46(69-53(82)29-68-57(42)84)58(85)70-45(25-51(64)80)61(87)73-30-40(76)24-47(73)59(86)71-54(49(78)22-37)36(4)50(79)31-74/h6-7,26,34-37,40,42,45-47,50,54,65,72,74,76-77,79H,5,8-25,27-33,63H2,1-4H3,(H2,64,80)(H,66,81)(H,67,83)(H,68,84)(H,69,82)(H,70,85)(H,71,86)(H,88,89)/b38-26-/t34-,35?,36-,37+,40+,42-,45-,46+,47-,50-,54-,97?/m0/s1. The smallest absolute Gasteiger partial charge is 0.306 e. The van der Waals surface area contributed by atoms with E-state index in [2.05, 4.69) is 42.2 Å². The highest BCUT2D eigenvalue weighted by Gasteiger charge is 2.45. The number of ketones is 2. The summed E-state index contributed by atoms with van der Waals surface area (Å²) in [6.45, 7) is 7.01. The van der Waals surface area contributed by atoms with E-state index in [0.29, 0.717) is 69.6 Å². The first-order valence-electron chi connectivity index (χ1n) is 32.2. The lowest BCUT2D eigenvalue weighted by Crippen LogP contribution is -2.60. The van der Waals surface area contributed by atoms with Crippen molar-refractivity contribution in [3.8, 4) is 5.75 Å². The van der Waals surface area contributed by atoms with Crippen LogP contribution in [0.3, 0.4) is 0 Å². The number of aromatic hydroxyl groups is 1. The predicted octanol–water partition coefficient (Wildman–Crippen LogP) is -3.81. The van der Waals surface area contributed by atoms with Crippen molar-refractivity contribution < 1.29 is 106 Å². The number of Topliss-reactive ketones (excluding diaryl/α,β-unsaturated/α-hetero) is 2. The van der Waals surface area contributed by atoms with Gasteiger partial charge in [0.1, 0.15) is 28.9 Å². The predicted molar refractivity (Wildman–Crippen MR) is 350 cm³/mol. The van der Waals surface area contributed by atoms with E-state index in [4.69, 9.17) is 40.3 Å². The topological polar surface area (TPSA) is 507 Å². The first kappa shape index (κ1) is 80.3. The second kappa shape index (κ2) is 41.1. The summed E-state index contributed by atoms with van der Waals surface area (Å²) in [7, 11) is -2.45. The fourth-order valence-electron chi connectivity index (χ4n) is 10.8. The van der Waals surface area contributed by atoms with Gasteiger partial charge >= 0.3 is 5.97 Å². The molecule has 2 aromatic rings. The van der Waals surface area contributed by atoms with Crippen LogP contribution in [-0.4, -0.2) is 258 Å². The summed E-state index contributed by atoms with van der Waals surface area (Å²) in [6, 6.07) is -4.18. The Morgan fingerprint density at radius 1 is 0.825 bits per heavy atom. The number of aliphatic carboxylic acids is 1. The zero-order valence-corrected chi connectivity index (χ0v) is 56.7. The minimum absolute atomic E-state index is 0.0681. The van der Waals surface area contributed by atoms with Crippen molar-refractivity contribution in [3.63, 3.8) is 0 Å². The van der Waals surface area contributed by atoms with Crippen molar-refractivity contribution in [2.24, 2.45) is 41.1 Å². The van der Waals surface area contributed by atoms with Gasteiger partial charge in [0.2, 0.25) is 47.3 Å². The lowest BCUT2D eigenvalue weighted by molar-refractivity contribution is -0.144. The van der Waals surface area contributed by atoms with Crippen LogP contribution >= 0.6 is 11.8 Å². The third kappa shape index (κ3) is 25.8. The van der Waals surface area contributed by atoms with Gasteiger partial charge in [0.15, 0.2) is 11.6 Å². The van der Waals surface area contributed by atoms with E-state index in [1.807, 2.05) is 0 Å². The average molecular weight is 1410 g/mol. The van der Waals surface area contributed by atoms with Crippen LogP contribution in [0.25, 0.3) is 10.9 Å². The zero-order valence-electron chi connectivity index (χ0n) is 55.1. The van der Waals surface area contributed by atoms with Gasteiger partial charge < -0.3 is 108 Å². The molecule has 3 aliphatic rings. The van der Waals surface area contributed by atoms with E-state index in [1.165, 1.54) is 43.9 Å². The number of hydrogen-bond donors (Lipinski definition) is 15. The Morgan fingerprint density at radius 2 is 1.46 bits per heavy atom. The normalized spacial score (nSPS) is 23.4. The molecule has 2 unspecified atom stereocenters. The van der Waals surface area contributed by atoms with Crippen molar-refractivity contribution in [3.05, 3.63) is 35.2 Å². The minimum atomic E-state index is -2.45. The highest BCUT2D eigenvalue weighted by atomic mass is 32.2. The molecule has 5 rings (SSSR count). The van der Waals surface area contributed by atoms with Crippen LogP contribution in [0.1, 0.15) is 77.3 Å².